The third-order valence-electron chi connectivity index (χ3n) is 3.55. The van der Waals surface area contributed by atoms with Gasteiger partial charge in [0.25, 0.3) is 5.56 Å². The summed E-state index contributed by atoms with van der Waals surface area (Å²) in [6.07, 6.45) is 2.62. The zero-order chi connectivity index (χ0) is 18.2. The second-order valence-electron chi connectivity index (χ2n) is 5.63. The van der Waals surface area contributed by atoms with Gasteiger partial charge in [-0.05, 0) is 36.2 Å². The summed E-state index contributed by atoms with van der Waals surface area (Å²) in [5, 5.41) is 4.13. The van der Waals surface area contributed by atoms with Crippen LogP contribution in [-0.4, -0.2) is 22.8 Å². The number of rotatable bonds is 7. The highest BCUT2D eigenvalue weighted by Crippen LogP contribution is 2.15. The molecular weight excluding hydrogens is 328 g/mol. The third kappa shape index (κ3) is 4.80. The Hall–Kier alpha value is -3.41. The van der Waals surface area contributed by atoms with Crippen molar-refractivity contribution in [2.45, 2.75) is 13.3 Å². The number of H-pyrrole nitrogens is 1. The van der Waals surface area contributed by atoms with E-state index in [2.05, 4.69) is 27.4 Å². The molecule has 0 radical (unpaired) electrons. The van der Waals surface area contributed by atoms with Gasteiger partial charge in [-0.2, -0.15) is 5.10 Å². The maximum absolute atomic E-state index is 11.8. The Balaban J connectivity index is 1.68. The van der Waals surface area contributed by atoms with Gasteiger partial charge in [0.05, 0.1) is 18.5 Å². The summed E-state index contributed by atoms with van der Waals surface area (Å²) in [6.45, 7) is 2.77. The number of ether oxygens (including phenoxy) is 1. The Bertz CT molecular complexity index is 919. The summed E-state index contributed by atoms with van der Waals surface area (Å²) in [5.41, 5.74) is 4.88. The van der Waals surface area contributed by atoms with Gasteiger partial charge in [-0.1, -0.05) is 37.3 Å². The van der Waals surface area contributed by atoms with Crippen molar-refractivity contribution < 1.29 is 4.74 Å². The minimum Gasteiger partial charge on any atom is -0.494 e. The topological polar surface area (TPSA) is 79.4 Å². The van der Waals surface area contributed by atoms with Crippen LogP contribution in [0.1, 0.15) is 18.9 Å². The molecule has 132 valence electrons. The summed E-state index contributed by atoms with van der Waals surface area (Å²) in [7, 11) is 0. The van der Waals surface area contributed by atoms with Crippen LogP contribution in [0, 0.1) is 0 Å². The molecule has 0 fully saturated rings. The van der Waals surface area contributed by atoms with Crippen molar-refractivity contribution in [1.82, 2.24) is 9.97 Å². The van der Waals surface area contributed by atoms with E-state index >= 15 is 0 Å². The quantitative estimate of drug-likeness (QED) is 0.504. The fourth-order valence-corrected chi connectivity index (χ4v) is 2.31. The number of aromatic amines is 1. The predicted molar refractivity (Wildman–Crippen MR) is 104 cm³/mol. The van der Waals surface area contributed by atoms with Gasteiger partial charge < -0.3 is 4.74 Å². The van der Waals surface area contributed by atoms with Crippen LogP contribution in [0.3, 0.4) is 0 Å². The Kier molecular flexibility index (Phi) is 5.77. The van der Waals surface area contributed by atoms with Gasteiger partial charge in [-0.15, -0.1) is 0 Å². The van der Waals surface area contributed by atoms with Crippen LogP contribution in [0.5, 0.6) is 5.75 Å². The molecule has 6 nitrogen and oxygen atoms in total. The summed E-state index contributed by atoms with van der Waals surface area (Å²) >= 11 is 0. The lowest BCUT2D eigenvalue weighted by atomic mass is 10.1. The number of nitrogens with one attached hydrogen (secondary N) is 2. The Morgan fingerprint density at radius 3 is 2.65 bits per heavy atom. The zero-order valence-corrected chi connectivity index (χ0v) is 14.5. The van der Waals surface area contributed by atoms with E-state index in [0.717, 1.165) is 23.3 Å². The molecule has 0 saturated carbocycles. The molecule has 1 heterocycles. The standard InChI is InChI=1S/C20H20N4O2/c1-2-12-26-17-10-8-15(9-11-17)14-21-24-20-22-18(13-19(25)23-20)16-6-4-3-5-7-16/h3-11,13-14H,2,12H2,1H3,(H2,22,23,24,25)/b21-14+. The van der Waals surface area contributed by atoms with E-state index in [1.165, 1.54) is 6.07 Å². The molecule has 0 aliphatic rings. The first-order chi connectivity index (χ1) is 12.7. The maximum atomic E-state index is 11.8. The average molecular weight is 348 g/mol. The number of aromatic nitrogens is 2. The number of anilines is 1. The molecule has 0 saturated heterocycles. The fraction of sp³-hybridized carbons (Fsp3) is 0.150. The van der Waals surface area contributed by atoms with Gasteiger partial charge in [0, 0.05) is 11.6 Å². The number of benzene rings is 2. The molecule has 0 spiro atoms. The third-order valence-corrected chi connectivity index (χ3v) is 3.55. The summed E-state index contributed by atoms with van der Waals surface area (Å²) in [5.74, 6) is 1.12. The predicted octanol–water partition coefficient (Wildman–Crippen LogP) is 3.67. The van der Waals surface area contributed by atoms with E-state index in [0.29, 0.717) is 12.3 Å². The first kappa shape index (κ1) is 17.4. The van der Waals surface area contributed by atoms with Gasteiger partial charge >= 0.3 is 0 Å². The molecule has 0 atom stereocenters. The van der Waals surface area contributed by atoms with Crippen molar-refractivity contribution >= 4 is 12.2 Å². The average Bonchev–Trinajstić information content (AvgIpc) is 2.68. The van der Waals surface area contributed by atoms with Crippen molar-refractivity contribution in [3.8, 4) is 17.0 Å². The van der Waals surface area contributed by atoms with Crippen molar-refractivity contribution in [1.29, 1.82) is 0 Å². The fourth-order valence-electron chi connectivity index (χ4n) is 2.31. The molecule has 2 aromatic carbocycles. The van der Waals surface area contributed by atoms with Crippen LogP contribution in [-0.2, 0) is 0 Å². The SMILES string of the molecule is CCCOc1ccc(/C=N/Nc2nc(-c3ccccc3)cc(=O)[nH]2)cc1. The number of hydrogen-bond donors (Lipinski definition) is 2. The molecule has 0 amide bonds. The summed E-state index contributed by atoms with van der Waals surface area (Å²) < 4.78 is 5.54. The first-order valence-corrected chi connectivity index (χ1v) is 8.43. The van der Waals surface area contributed by atoms with Crippen molar-refractivity contribution in [3.05, 3.63) is 76.6 Å². The van der Waals surface area contributed by atoms with Crippen molar-refractivity contribution in [3.63, 3.8) is 0 Å². The number of hydrazone groups is 1. The minimum atomic E-state index is -0.242. The van der Waals surface area contributed by atoms with E-state index in [1.54, 1.807) is 6.21 Å². The van der Waals surface area contributed by atoms with E-state index in [1.807, 2.05) is 54.6 Å². The molecular formula is C20H20N4O2. The molecule has 0 bridgehead atoms. The molecule has 2 N–H and O–H groups in total. The molecule has 3 rings (SSSR count). The highest BCUT2D eigenvalue weighted by atomic mass is 16.5. The van der Waals surface area contributed by atoms with Gasteiger partial charge in [0.2, 0.25) is 5.95 Å². The largest absolute Gasteiger partial charge is 0.494 e. The van der Waals surface area contributed by atoms with E-state index in [9.17, 15) is 4.79 Å². The molecule has 3 aromatic rings. The van der Waals surface area contributed by atoms with E-state index < -0.39 is 0 Å². The van der Waals surface area contributed by atoms with Crippen LogP contribution in [0.25, 0.3) is 11.3 Å². The van der Waals surface area contributed by atoms with Crippen LogP contribution >= 0.6 is 0 Å². The van der Waals surface area contributed by atoms with E-state index in [-0.39, 0.29) is 11.5 Å². The van der Waals surface area contributed by atoms with Gasteiger partial charge in [0.1, 0.15) is 5.75 Å². The molecule has 0 unspecified atom stereocenters. The molecule has 0 aliphatic carbocycles. The smallest absolute Gasteiger partial charge is 0.252 e. The highest BCUT2D eigenvalue weighted by Gasteiger charge is 2.02. The van der Waals surface area contributed by atoms with Gasteiger partial charge in [-0.25, -0.2) is 10.4 Å². The normalized spacial score (nSPS) is 10.8. The van der Waals surface area contributed by atoms with Crippen LogP contribution < -0.4 is 15.7 Å². The second kappa shape index (κ2) is 8.62. The van der Waals surface area contributed by atoms with Crippen molar-refractivity contribution in [2.75, 3.05) is 12.0 Å². The molecule has 6 heteroatoms. The first-order valence-electron chi connectivity index (χ1n) is 8.43. The lowest BCUT2D eigenvalue weighted by Gasteiger charge is -2.04. The second-order valence-corrected chi connectivity index (χ2v) is 5.63. The zero-order valence-electron chi connectivity index (χ0n) is 14.5. The Morgan fingerprint density at radius 1 is 1.15 bits per heavy atom. The number of hydrogen-bond acceptors (Lipinski definition) is 5. The maximum Gasteiger partial charge on any atom is 0.252 e. The van der Waals surface area contributed by atoms with E-state index in [4.69, 9.17) is 4.74 Å². The lowest BCUT2D eigenvalue weighted by Crippen LogP contribution is -2.10. The van der Waals surface area contributed by atoms with Crippen LogP contribution in [0.15, 0.2) is 70.6 Å². The summed E-state index contributed by atoms with van der Waals surface area (Å²) in [6, 6.07) is 18.6. The monoisotopic (exact) mass is 348 g/mol. The number of nitrogens with zero attached hydrogens (tertiary/aromatic N) is 2. The summed E-state index contributed by atoms with van der Waals surface area (Å²) in [4.78, 5) is 18.8. The van der Waals surface area contributed by atoms with Crippen LogP contribution in [0.4, 0.5) is 5.95 Å². The van der Waals surface area contributed by atoms with Gasteiger partial charge in [0.15, 0.2) is 0 Å². The Labute approximate surface area is 151 Å². The highest BCUT2D eigenvalue weighted by molar-refractivity contribution is 5.80. The van der Waals surface area contributed by atoms with Crippen molar-refractivity contribution in [2.24, 2.45) is 5.10 Å². The molecule has 0 aliphatic heterocycles. The Morgan fingerprint density at radius 2 is 1.92 bits per heavy atom. The minimum absolute atomic E-state index is 0.242. The molecule has 1 aromatic heterocycles. The lowest BCUT2D eigenvalue weighted by molar-refractivity contribution is 0.317. The van der Waals surface area contributed by atoms with Gasteiger partial charge in [-0.3, -0.25) is 9.78 Å². The molecule has 26 heavy (non-hydrogen) atoms. The van der Waals surface area contributed by atoms with Crippen LogP contribution in [0.2, 0.25) is 0 Å².